The van der Waals surface area contributed by atoms with E-state index in [1.807, 2.05) is 44.2 Å². The third-order valence-electron chi connectivity index (χ3n) is 5.24. The van der Waals surface area contributed by atoms with Crippen molar-refractivity contribution in [3.8, 4) is 17.2 Å². The Balaban J connectivity index is 0.00000363. The number of halogens is 1. The largest absolute Gasteiger partial charge is 0.493 e. The fourth-order valence-electron chi connectivity index (χ4n) is 3.63. The maximum Gasteiger partial charge on any atom is 0.194 e. The predicted molar refractivity (Wildman–Crippen MR) is 138 cm³/mol. The van der Waals surface area contributed by atoms with Gasteiger partial charge in [-0.1, -0.05) is 12.1 Å². The summed E-state index contributed by atoms with van der Waals surface area (Å²) in [6.45, 7) is 6.83. The molecule has 0 saturated carbocycles. The smallest absolute Gasteiger partial charge is 0.194 e. The van der Waals surface area contributed by atoms with Gasteiger partial charge in [0.2, 0.25) is 0 Å². The van der Waals surface area contributed by atoms with Crippen LogP contribution >= 0.6 is 24.0 Å². The molecule has 7 nitrogen and oxygen atoms in total. The van der Waals surface area contributed by atoms with Crippen molar-refractivity contribution >= 4 is 29.9 Å². The van der Waals surface area contributed by atoms with Crippen LogP contribution in [-0.4, -0.2) is 62.5 Å². The van der Waals surface area contributed by atoms with Crippen molar-refractivity contribution in [2.75, 3.05) is 40.5 Å². The van der Waals surface area contributed by atoms with E-state index < -0.39 is 6.10 Å². The summed E-state index contributed by atoms with van der Waals surface area (Å²) in [5, 5.41) is 13.7. The summed E-state index contributed by atoms with van der Waals surface area (Å²) >= 11 is 0. The van der Waals surface area contributed by atoms with Crippen LogP contribution in [0.2, 0.25) is 0 Å². The van der Waals surface area contributed by atoms with Crippen LogP contribution in [0.3, 0.4) is 0 Å². The molecule has 1 aliphatic rings. The average molecular weight is 555 g/mol. The predicted octanol–water partition coefficient (Wildman–Crippen LogP) is 3.39. The van der Waals surface area contributed by atoms with Crippen LogP contribution < -0.4 is 19.5 Å². The number of aliphatic hydroxyl groups excluding tert-OH is 1. The number of rotatable bonds is 8. The number of nitrogens with zero attached hydrogens (tertiary/aromatic N) is 2. The van der Waals surface area contributed by atoms with E-state index in [1.54, 1.807) is 14.2 Å². The topological polar surface area (TPSA) is 75.6 Å². The molecule has 0 aliphatic carbocycles. The number of aryl methyl sites for hydroxylation is 1. The van der Waals surface area contributed by atoms with Crippen LogP contribution in [0.5, 0.6) is 17.2 Å². The molecule has 1 aliphatic heterocycles. The van der Waals surface area contributed by atoms with Gasteiger partial charge in [-0.2, -0.15) is 0 Å². The molecule has 1 heterocycles. The minimum absolute atomic E-state index is 0. The van der Waals surface area contributed by atoms with E-state index in [0.717, 1.165) is 54.8 Å². The molecular formula is C24H34IN3O4. The Bertz CT molecular complexity index is 907. The van der Waals surface area contributed by atoms with E-state index in [2.05, 4.69) is 21.3 Å². The van der Waals surface area contributed by atoms with Crippen molar-refractivity contribution in [2.24, 2.45) is 4.99 Å². The van der Waals surface area contributed by atoms with Crippen LogP contribution in [-0.2, 0) is 13.0 Å². The number of benzene rings is 2. The summed E-state index contributed by atoms with van der Waals surface area (Å²) in [5.41, 5.74) is 3.58. The molecule has 3 rings (SSSR count). The minimum Gasteiger partial charge on any atom is -0.493 e. The lowest BCUT2D eigenvalue weighted by atomic mass is 9.99. The van der Waals surface area contributed by atoms with Gasteiger partial charge in [-0.3, -0.25) is 4.99 Å². The molecule has 0 radical (unpaired) electrons. The SMILES string of the molecule is CCNC(=NCC(O)COc1cccc(C)c1)N1CCc2cc(OC)c(OC)cc2C1.I. The lowest BCUT2D eigenvalue weighted by Gasteiger charge is -2.32. The highest BCUT2D eigenvalue weighted by Crippen LogP contribution is 2.33. The van der Waals surface area contributed by atoms with Gasteiger partial charge in [0.15, 0.2) is 17.5 Å². The van der Waals surface area contributed by atoms with Gasteiger partial charge < -0.3 is 29.5 Å². The Morgan fingerprint density at radius 2 is 1.88 bits per heavy atom. The Labute approximate surface area is 207 Å². The molecule has 1 atom stereocenters. The van der Waals surface area contributed by atoms with Crippen LogP contribution in [0.25, 0.3) is 0 Å². The highest BCUT2D eigenvalue weighted by molar-refractivity contribution is 14.0. The molecule has 8 heteroatoms. The highest BCUT2D eigenvalue weighted by atomic mass is 127. The fourth-order valence-corrected chi connectivity index (χ4v) is 3.63. The van der Waals surface area contributed by atoms with Crippen molar-refractivity contribution < 1.29 is 19.3 Å². The second-order valence-electron chi connectivity index (χ2n) is 7.62. The standard InChI is InChI=1S/C24H33N3O4.HI/c1-5-25-24(26-14-20(28)16-31-21-8-6-7-17(2)11-21)27-10-9-18-12-22(29-3)23(30-4)13-19(18)15-27;/h6-8,11-13,20,28H,5,9-10,14-16H2,1-4H3,(H,25,26);1H. The van der Waals surface area contributed by atoms with Gasteiger partial charge in [-0.15, -0.1) is 24.0 Å². The van der Waals surface area contributed by atoms with Gasteiger partial charge in [0.1, 0.15) is 18.5 Å². The quantitative estimate of drug-likeness (QED) is 0.296. The van der Waals surface area contributed by atoms with Crippen LogP contribution in [0.4, 0.5) is 0 Å². The molecule has 0 fully saturated rings. The average Bonchev–Trinajstić information content (AvgIpc) is 2.79. The van der Waals surface area contributed by atoms with Gasteiger partial charge in [0.05, 0.1) is 20.8 Å². The van der Waals surface area contributed by atoms with Gasteiger partial charge in [0.25, 0.3) is 0 Å². The number of hydrogen-bond donors (Lipinski definition) is 2. The normalized spacial score (nSPS) is 14.2. The lowest BCUT2D eigenvalue weighted by molar-refractivity contribution is 0.114. The molecule has 176 valence electrons. The van der Waals surface area contributed by atoms with Crippen molar-refractivity contribution in [2.45, 2.75) is 32.9 Å². The lowest BCUT2D eigenvalue weighted by Crippen LogP contribution is -2.44. The minimum atomic E-state index is -0.685. The fraction of sp³-hybridized carbons (Fsp3) is 0.458. The zero-order valence-corrected chi connectivity index (χ0v) is 21.6. The molecule has 32 heavy (non-hydrogen) atoms. The number of fused-ring (bicyclic) bond motifs is 1. The van der Waals surface area contributed by atoms with Crippen LogP contribution in [0.1, 0.15) is 23.6 Å². The number of ether oxygens (including phenoxy) is 3. The highest BCUT2D eigenvalue weighted by Gasteiger charge is 2.22. The molecule has 0 saturated heterocycles. The third-order valence-corrected chi connectivity index (χ3v) is 5.24. The second kappa shape index (κ2) is 12.7. The van der Waals surface area contributed by atoms with E-state index in [1.165, 1.54) is 11.1 Å². The van der Waals surface area contributed by atoms with Crippen LogP contribution in [0.15, 0.2) is 41.4 Å². The number of nitrogens with one attached hydrogen (secondary N) is 1. The number of hydrogen-bond acceptors (Lipinski definition) is 5. The van der Waals surface area contributed by atoms with E-state index in [-0.39, 0.29) is 37.1 Å². The summed E-state index contributed by atoms with van der Waals surface area (Å²) in [4.78, 5) is 6.86. The molecule has 2 aromatic carbocycles. The number of guanidine groups is 1. The summed E-state index contributed by atoms with van der Waals surface area (Å²) in [6.07, 6.45) is 0.203. The van der Waals surface area contributed by atoms with Crippen molar-refractivity contribution in [1.29, 1.82) is 0 Å². The monoisotopic (exact) mass is 555 g/mol. The second-order valence-corrected chi connectivity index (χ2v) is 7.62. The summed E-state index contributed by atoms with van der Waals surface area (Å²) in [7, 11) is 3.31. The van der Waals surface area contributed by atoms with Gasteiger partial charge in [-0.05, 0) is 61.2 Å². The van der Waals surface area contributed by atoms with Gasteiger partial charge in [-0.25, -0.2) is 0 Å². The maximum absolute atomic E-state index is 10.4. The molecule has 2 aromatic rings. The molecule has 2 N–H and O–H groups in total. The molecular weight excluding hydrogens is 521 g/mol. The van der Waals surface area contributed by atoms with Crippen LogP contribution in [0, 0.1) is 6.92 Å². The Morgan fingerprint density at radius 1 is 1.16 bits per heavy atom. The van der Waals surface area contributed by atoms with E-state index in [4.69, 9.17) is 14.2 Å². The first kappa shape index (κ1) is 26.1. The summed E-state index contributed by atoms with van der Waals surface area (Å²) < 4.78 is 16.6. The molecule has 0 bridgehead atoms. The maximum atomic E-state index is 10.4. The molecule has 0 amide bonds. The van der Waals surface area contributed by atoms with Gasteiger partial charge >= 0.3 is 0 Å². The first-order valence-corrected chi connectivity index (χ1v) is 10.7. The van der Waals surface area contributed by atoms with Crippen molar-refractivity contribution in [3.05, 3.63) is 53.1 Å². The first-order valence-electron chi connectivity index (χ1n) is 10.7. The van der Waals surface area contributed by atoms with E-state index >= 15 is 0 Å². The first-order chi connectivity index (χ1) is 15.0. The Kier molecular flexibility index (Phi) is 10.4. The Hall–Kier alpha value is -2.20. The van der Waals surface area contributed by atoms with Crippen molar-refractivity contribution in [3.63, 3.8) is 0 Å². The van der Waals surface area contributed by atoms with E-state index in [9.17, 15) is 5.11 Å². The summed E-state index contributed by atoms with van der Waals surface area (Å²) in [6, 6.07) is 11.9. The number of aliphatic hydroxyl groups is 1. The molecule has 0 spiro atoms. The van der Waals surface area contributed by atoms with E-state index in [0.29, 0.717) is 0 Å². The Morgan fingerprint density at radius 3 is 2.53 bits per heavy atom. The summed E-state index contributed by atoms with van der Waals surface area (Å²) in [5.74, 6) is 3.03. The molecule has 1 unspecified atom stereocenters. The number of methoxy groups -OCH3 is 2. The zero-order chi connectivity index (χ0) is 22.2. The third kappa shape index (κ3) is 6.90. The zero-order valence-electron chi connectivity index (χ0n) is 19.3. The molecule has 0 aromatic heterocycles. The van der Waals surface area contributed by atoms with Crippen molar-refractivity contribution in [1.82, 2.24) is 10.2 Å². The number of aliphatic imine (C=N–C) groups is 1. The van der Waals surface area contributed by atoms with Gasteiger partial charge in [0, 0.05) is 19.6 Å².